The number of ether oxygens (including phenoxy) is 1. The van der Waals surface area contributed by atoms with Crippen LogP contribution < -0.4 is 10.0 Å². The molecular formula is C15H21FN2O5S. The van der Waals surface area contributed by atoms with Gasteiger partial charge in [0.25, 0.3) is 5.91 Å². The summed E-state index contributed by atoms with van der Waals surface area (Å²) in [6.07, 6.45) is 0. The van der Waals surface area contributed by atoms with E-state index in [0.29, 0.717) is 6.54 Å². The van der Waals surface area contributed by atoms with Gasteiger partial charge in [0.05, 0.1) is 4.90 Å². The standard InChI is InChI=1S/C15H21FN2O5S/c1-10(2)8-17-14(19)9-23-15(20)11(3)18-24(21,22)13-6-4-12(16)5-7-13/h4-7,10-11,18H,8-9H2,1-3H3,(H,17,19)/t11-/m0/s1. The number of benzene rings is 1. The Hall–Kier alpha value is -2.00. The Morgan fingerprint density at radius 1 is 1.17 bits per heavy atom. The van der Waals surface area contributed by atoms with E-state index in [1.54, 1.807) is 0 Å². The molecule has 0 aliphatic heterocycles. The van der Waals surface area contributed by atoms with Gasteiger partial charge >= 0.3 is 5.97 Å². The number of carbonyl (C=O) groups excluding carboxylic acids is 2. The minimum atomic E-state index is -4.00. The summed E-state index contributed by atoms with van der Waals surface area (Å²) in [7, 11) is -4.00. The highest BCUT2D eigenvalue weighted by Gasteiger charge is 2.23. The van der Waals surface area contributed by atoms with Gasteiger partial charge in [0.2, 0.25) is 10.0 Å². The average molecular weight is 360 g/mol. The molecule has 0 aliphatic rings. The summed E-state index contributed by atoms with van der Waals surface area (Å²) in [4.78, 5) is 23.0. The first-order valence-corrected chi connectivity index (χ1v) is 8.81. The zero-order chi connectivity index (χ0) is 18.3. The third-order valence-corrected chi connectivity index (χ3v) is 4.42. The van der Waals surface area contributed by atoms with Crippen LogP contribution in [0.15, 0.2) is 29.2 Å². The molecule has 1 aromatic carbocycles. The normalized spacial score (nSPS) is 12.7. The maximum atomic E-state index is 12.8. The quantitative estimate of drug-likeness (QED) is 0.668. The topological polar surface area (TPSA) is 102 Å². The van der Waals surface area contributed by atoms with Gasteiger partial charge < -0.3 is 10.1 Å². The highest BCUT2D eigenvalue weighted by atomic mass is 32.2. The highest BCUT2D eigenvalue weighted by Crippen LogP contribution is 2.10. The third kappa shape index (κ3) is 6.63. The van der Waals surface area contributed by atoms with E-state index in [4.69, 9.17) is 4.74 Å². The molecule has 0 bridgehead atoms. The van der Waals surface area contributed by atoms with Crippen LogP contribution in [0, 0.1) is 11.7 Å². The van der Waals surface area contributed by atoms with Crippen LogP contribution in [0.5, 0.6) is 0 Å². The first-order chi connectivity index (χ1) is 11.1. The van der Waals surface area contributed by atoms with Crippen molar-refractivity contribution in [2.75, 3.05) is 13.2 Å². The average Bonchev–Trinajstić information content (AvgIpc) is 2.50. The fourth-order valence-electron chi connectivity index (χ4n) is 1.59. The number of rotatable bonds is 8. The predicted octanol–water partition coefficient (Wildman–Crippen LogP) is 0.808. The second-order valence-corrected chi connectivity index (χ2v) is 7.32. The molecule has 0 radical (unpaired) electrons. The molecule has 0 saturated heterocycles. The molecule has 0 aromatic heterocycles. The number of carbonyl (C=O) groups is 2. The molecule has 0 fully saturated rings. The largest absolute Gasteiger partial charge is 0.454 e. The molecule has 0 unspecified atom stereocenters. The molecule has 134 valence electrons. The molecule has 1 amide bonds. The van der Waals surface area contributed by atoms with Crippen LogP contribution in [0.3, 0.4) is 0 Å². The summed E-state index contributed by atoms with van der Waals surface area (Å²) in [5, 5.41) is 2.57. The van der Waals surface area contributed by atoms with Gasteiger partial charge in [-0.05, 0) is 37.1 Å². The van der Waals surface area contributed by atoms with Crippen molar-refractivity contribution in [2.24, 2.45) is 5.92 Å². The van der Waals surface area contributed by atoms with Crippen LogP contribution in [0.25, 0.3) is 0 Å². The van der Waals surface area contributed by atoms with Crippen molar-refractivity contribution in [3.8, 4) is 0 Å². The first-order valence-electron chi connectivity index (χ1n) is 7.33. The minimum absolute atomic E-state index is 0.182. The SMILES string of the molecule is CC(C)CNC(=O)COC(=O)[C@H](C)NS(=O)(=O)c1ccc(F)cc1. The molecule has 1 rings (SSSR count). The van der Waals surface area contributed by atoms with Crippen LogP contribution in [0.4, 0.5) is 4.39 Å². The van der Waals surface area contributed by atoms with E-state index >= 15 is 0 Å². The Bertz CT molecular complexity index is 674. The van der Waals surface area contributed by atoms with Crippen molar-refractivity contribution in [1.82, 2.24) is 10.0 Å². The molecule has 7 nitrogen and oxygen atoms in total. The van der Waals surface area contributed by atoms with Crippen molar-refractivity contribution in [2.45, 2.75) is 31.7 Å². The summed E-state index contributed by atoms with van der Waals surface area (Å²) >= 11 is 0. The van der Waals surface area contributed by atoms with E-state index in [2.05, 4.69) is 10.0 Å². The number of sulfonamides is 1. The smallest absolute Gasteiger partial charge is 0.324 e. The van der Waals surface area contributed by atoms with Crippen molar-refractivity contribution in [3.63, 3.8) is 0 Å². The zero-order valence-electron chi connectivity index (χ0n) is 13.7. The summed E-state index contributed by atoms with van der Waals surface area (Å²) in [5.41, 5.74) is 0. The summed E-state index contributed by atoms with van der Waals surface area (Å²) in [5.74, 6) is -1.68. The van der Waals surface area contributed by atoms with Crippen LogP contribution in [-0.4, -0.2) is 39.5 Å². The maximum Gasteiger partial charge on any atom is 0.324 e. The molecule has 0 heterocycles. The molecular weight excluding hydrogens is 339 g/mol. The predicted molar refractivity (Wildman–Crippen MR) is 85.0 cm³/mol. The van der Waals surface area contributed by atoms with Crippen molar-refractivity contribution in [3.05, 3.63) is 30.1 Å². The maximum absolute atomic E-state index is 12.8. The lowest BCUT2D eigenvalue weighted by Crippen LogP contribution is -2.41. The summed E-state index contributed by atoms with van der Waals surface area (Å²) < 4.78 is 43.8. The third-order valence-electron chi connectivity index (χ3n) is 2.86. The summed E-state index contributed by atoms with van der Waals surface area (Å²) in [6, 6.07) is 2.95. The minimum Gasteiger partial charge on any atom is -0.454 e. The molecule has 9 heteroatoms. The Balaban J connectivity index is 2.54. The number of esters is 1. The van der Waals surface area contributed by atoms with Crippen molar-refractivity contribution < 1.29 is 27.1 Å². The van der Waals surface area contributed by atoms with Crippen LogP contribution >= 0.6 is 0 Å². The molecule has 0 spiro atoms. The van der Waals surface area contributed by atoms with E-state index in [1.807, 2.05) is 13.8 Å². The Kier molecular flexibility index (Phi) is 7.30. The van der Waals surface area contributed by atoms with Crippen LogP contribution in [-0.2, 0) is 24.3 Å². The fourth-order valence-corrected chi connectivity index (χ4v) is 2.79. The van der Waals surface area contributed by atoms with Gasteiger partial charge in [-0.1, -0.05) is 13.8 Å². The number of amides is 1. The Labute approximate surface area is 140 Å². The van der Waals surface area contributed by atoms with E-state index in [1.165, 1.54) is 6.92 Å². The lowest BCUT2D eigenvalue weighted by atomic mass is 10.2. The number of nitrogens with one attached hydrogen (secondary N) is 2. The molecule has 1 aromatic rings. The highest BCUT2D eigenvalue weighted by molar-refractivity contribution is 7.89. The van der Waals surface area contributed by atoms with Crippen molar-refractivity contribution >= 4 is 21.9 Å². The summed E-state index contributed by atoms with van der Waals surface area (Å²) in [6.45, 7) is 5.07. The molecule has 24 heavy (non-hydrogen) atoms. The monoisotopic (exact) mass is 360 g/mol. The van der Waals surface area contributed by atoms with Gasteiger partial charge in [-0.2, -0.15) is 4.72 Å². The second kappa shape index (κ2) is 8.74. The number of hydrogen-bond donors (Lipinski definition) is 2. The van der Waals surface area contributed by atoms with Gasteiger partial charge in [0.1, 0.15) is 11.9 Å². The zero-order valence-corrected chi connectivity index (χ0v) is 14.5. The number of halogens is 1. The lowest BCUT2D eigenvalue weighted by Gasteiger charge is -2.14. The van der Waals surface area contributed by atoms with E-state index in [9.17, 15) is 22.4 Å². The second-order valence-electron chi connectivity index (χ2n) is 5.60. The van der Waals surface area contributed by atoms with Gasteiger partial charge in [-0.3, -0.25) is 9.59 Å². The van der Waals surface area contributed by atoms with E-state index < -0.39 is 40.4 Å². The first kappa shape index (κ1) is 20.0. The molecule has 0 saturated carbocycles. The lowest BCUT2D eigenvalue weighted by molar-refractivity contribution is -0.149. The van der Waals surface area contributed by atoms with Crippen LogP contribution in [0.1, 0.15) is 20.8 Å². The van der Waals surface area contributed by atoms with Gasteiger partial charge in [0, 0.05) is 6.54 Å². The Morgan fingerprint density at radius 2 is 1.75 bits per heavy atom. The fraction of sp³-hybridized carbons (Fsp3) is 0.467. The van der Waals surface area contributed by atoms with Gasteiger partial charge in [-0.25, -0.2) is 12.8 Å². The van der Waals surface area contributed by atoms with E-state index in [0.717, 1.165) is 24.3 Å². The Morgan fingerprint density at radius 3 is 2.29 bits per heavy atom. The van der Waals surface area contributed by atoms with Gasteiger partial charge in [0.15, 0.2) is 6.61 Å². The molecule has 1 atom stereocenters. The number of hydrogen-bond acceptors (Lipinski definition) is 5. The molecule has 2 N–H and O–H groups in total. The van der Waals surface area contributed by atoms with Gasteiger partial charge in [-0.15, -0.1) is 0 Å². The van der Waals surface area contributed by atoms with Crippen LogP contribution in [0.2, 0.25) is 0 Å². The van der Waals surface area contributed by atoms with E-state index in [-0.39, 0.29) is 10.8 Å². The van der Waals surface area contributed by atoms with Crippen molar-refractivity contribution in [1.29, 1.82) is 0 Å². The molecule has 0 aliphatic carbocycles.